The zero-order valence-corrected chi connectivity index (χ0v) is 22.2. The van der Waals surface area contributed by atoms with E-state index in [1.807, 2.05) is 24.3 Å². The van der Waals surface area contributed by atoms with Gasteiger partial charge in [0, 0.05) is 13.2 Å². The number of carbonyl (C=O) groups excluding carboxylic acids is 1. The molecule has 2 aromatic carbocycles. The molecule has 1 aromatic heterocycles. The molecule has 2 heterocycles. The van der Waals surface area contributed by atoms with Crippen LogP contribution in [0.15, 0.2) is 36.4 Å². The number of methoxy groups -OCH3 is 2. The van der Waals surface area contributed by atoms with E-state index in [9.17, 15) is 20.1 Å². The van der Waals surface area contributed by atoms with E-state index >= 15 is 0 Å². The molecule has 11 nitrogen and oxygen atoms in total. The van der Waals surface area contributed by atoms with Gasteiger partial charge in [-0.15, -0.1) is 0 Å². The monoisotopic (exact) mass is 550 g/mol. The Morgan fingerprint density at radius 2 is 1.87 bits per heavy atom. The number of aliphatic hydroxyl groups is 3. The van der Waals surface area contributed by atoms with Crippen LogP contribution in [0.5, 0.6) is 11.5 Å². The Morgan fingerprint density at radius 3 is 2.55 bits per heavy atom. The van der Waals surface area contributed by atoms with E-state index in [0.717, 1.165) is 11.0 Å². The summed E-state index contributed by atoms with van der Waals surface area (Å²) < 4.78 is 29.1. The summed E-state index contributed by atoms with van der Waals surface area (Å²) in [5.41, 5.74) is 1.91. The van der Waals surface area contributed by atoms with Gasteiger partial charge in [-0.05, 0) is 38.1 Å². The zero-order chi connectivity index (χ0) is 27.6. The van der Waals surface area contributed by atoms with Crippen molar-refractivity contribution in [2.24, 2.45) is 0 Å². The molecule has 1 aliphatic heterocycles. The smallest absolute Gasteiger partial charge is 0.338 e. The average molecular weight is 551 g/mol. The Hall–Kier alpha value is -2.93. The number of carbonyl (C=O) groups is 1. The molecule has 38 heavy (non-hydrogen) atoms. The minimum absolute atomic E-state index is 0.0720. The summed E-state index contributed by atoms with van der Waals surface area (Å²) in [5, 5.41) is 30.2. The number of hydrogen-bond donors (Lipinski definition) is 3. The lowest BCUT2D eigenvalue weighted by atomic mass is 9.99. The van der Waals surface area contributed by atoms with Crippen LogP contribution in [0.2, 0.25) is 5.02 Å². The largest absolute Gasteiger partial charge is 0.493 e. The first-order chi connectivity index (χ1) is 18.2. The Kier molecular flexibility index (Phi) is 8.76. The third-order valence-corrected chi connectivity index (χ3v) is 6.56. The van der Waals surface area contributed by atoms with Crippen LogP contribution in [-0.4, -0.2) is 82.4 Å². The number of para-hydroxylation sites is 2. The van der Waals surface area contributed by atoms with Crippen LogP contribution in [-0.2, 0) is 20.8 Å². The number of halogens is 1. The summed E-state index contributed by atoms with van der Waals surface area (Å²) in [4.78, 5) is 17.4. The quantitative estimate of drug-likeness (QED) is 0.340. The Bertz CT molecular complexity index is 1280. The van der Waals surface area contributed by atoms with Crippen LogP contribution in [0.25, 0.3) is 11.0 Å². The highest BCUT2D eigenvalue weighted by Gasteiger charge is 2.44. The predicted molar refractivity (Wildman–Crippen MR) is 136 cm³/mol. The SMILES string of the molecule is COc1cc(C(=O)OC[C@H]2O[C@@H](OC)[C@H](O)[C@@H](O)[C@@H]2O)cc(Cl)c1OCc1nc2ccccc2n1C(C)C. The molecule has 1 fully saturated rings. The molecule has 12 heteroatoms. The molecule has 0 spiro atoms. The summed E-state index contributed by atoms with van der Waals surface area (Å²) in [6.07, 6.45) is -6.79. The van der Waals surface area contributed by atoms with Gasteiger partial charge in [0.25, 0.3) is 0 Å². The zero-order valence-electron chi connectivity index (χ0n) is 21.4. The van der Waals surface area contributed by atoms with Crippen molar-refractivity contribution in [3.05, 3.63) is 52.8 Å². The van der Waals surface area contributed by atoms with Gasteiger partial charge in [0.1, 0.15) is 43.5 Å². The van der Waals surface area contributed by atoms with E-state index in [0.29, 0.717) is 5.82 Å². The lowest BCUT2D eigenvalue weighted by Gasteiger charge is -2.39. The first-order valence-electron chi connectivity index (χ1n) is 12.0. The summed E-state index contributed by atoms with van der Waals surface area (Å²) in [7, 11) is 2.69. The van der Waals surface area contributed by atoms with Crippen LogP contribution in [0.1, 0.15) is 36.1 Å². The minimum atomic E-state index is -1.53. The lowest BCUT2D eigenvalue weighted by Crippen LogP contribution is -2.59. The van der Waals surface area contributed by atoms with E-state index in [4.69, 9.17) is 35.3 Å². The first-order valence-corrected chi connectivity index (χ1v) is 12.4. The number of nitrogens with zero attached hydrogens (tertiary/aromatic N) is 2. The van der Waals surface area contributed by atoms with E-state index in [1.54, 1.807) is 0 Å². The highest BCUT2D eigenvalue weighted by molar-refractivity contribution is 6.32. The average Bonchev–Trinajstić information content (AvgIpc) is 3.28. The predicted octanol–water partition coefficient (Wildman–Crippen LogP) is 2.47. The van der Waals surface area contributed by atoms with Crippen molar-refractivity contribution >= 4 is 28.6 Å². The number of aliphatic hydroxyl groups excluding tert-OH is 3. The summed E-state index contributed by atoms with van der Waals surface area (Å²) in [6.45, 7) is 3.81. The molecule has 0 aliphatic carbocycles. The molecule has 5 atom stereocenters. The number of benzene rings is 2. The van der Waals surface area contributed by atoms with Gasteiger partial charge in [0.05, 0.1) is 28.7 Å². The summed E-state index contributed by atoms with van der Waals surface area (Å²) in [6, 6.07) is 10.7. The number of aromatic nitrogens is 2. The van der Waals surface area contributed by atoms with Crippen molar-refractivity contribution in [1.82, 2.24) is 9.55 Å². The summed E-state index contributed by atoms with van der Waals surface area (Å²) in [5.74, 6) is 0.377. The van der Waals surface area contributed by atoms with Gasteiger partial charge in [-0.3, -0.25) is 0 Å². The molecule has 1 saturated heterocycles. The Balaban J connectivity index is 1.48. The van der Waals surface area contributed by atoms with Crippen molar-refractivity contribution in [2.75, 3.05) is 20.8 Å². The van der Waals surface area contributed by atoms with Crippen LogP contribution in [0.3, 0.4) is 0 Å². The number of imidazole rings is 1. The molecule has 1 aliphatic rings. The fraction of sp³-hybridized carbons (Fsp3) is 0.462. The van der Waals surface area contributed by atoms with Crippen LogP contribution in [0, 0.1) is 0 Å². The Labute approximate surface area is 224 Å². The summed E-state index contributed by atoms with van der Waals surface area (Å²) >= 11 is 6.47. The Morgan fingerprint density at radius 1 is 1.13 bits per heavy atom. The number of fused-ring (bicyclic) bond motifs is 1. The van der Waals surface area contributed by atoms with E-state index in [2.05, 4.69) is 23.4 Å². The molecule has 206 valence electrons. The van der Waals surface area contributed by atoms with Gasteiger partial charge in [-0.25, -0.2) is 9.78 Å². The van der Waals surface area contributed by atoms with Gasteiger partial charge in [-0.1, -0.05) is 23.7 Å². The molecule has 4 rings (SSSR count). The maximum atomic E-state index is 12.8. The second kappa shape index (κ2) is 11.9. The van der Waals surface area contributed by atoms with Gasteiger partial charge in [0.2, 0.25) is 0 Å². The molecule has 0 saturated carbocycles. The number of ether oxygens (including phenoxy) is 5. The lowest BCUT2D eigenvalue weighted by molar-refractivity contribution is -0.294. The third kappa shape index (κ3) is 5.58. The standard InChI is InChI=1S/C26H31ClN2O9/c1-13(2)29-17-8-6-5-7-16(17)28-20(29)12-36-24-15(27)9-14(10-18(24)34-3)25(33)37-11-19-21(30)22(31)23(32)26(35-4)38-19/h5-10,13,19,21-23,26,30-32H,11-12H2,1-4H3/t19-,21-,22+,23-,26-/m1/s1. The fourth-order valence-corrected chi connectivity index (χ4v) is 4.64. The molecule has 3 N–H and O–H groups in total. The number of hydrogen-bond acceptors (Lipinski definition) is 10. The highest BCUT2D eigenvalue weighted by Crippen LogP contribution is 2.37. The van der Waals surface area contributed by atoms with Crippen molar-refractivity contribution in [3.8, 4) is 11.5 Å². The van der Waals surface area contributed by atoms with Gasteiger partial charge in [0.15, 0.2) is 17.8 Å². The molecular weight excluding hydrogens is 520 g/mol. The highest BCUT2D eigenvalue weighted by atomic mass is 35.5. The molecule has 3 aromatic rings. The van der Waals surface area contributed by atoms with Crippen molar-refractivity contribution < 1.29 is 43.8 Å². The molecule has 0 unspecified atom stereocenters. The number of rotatable bonds is 9. The van der Waals surface area contributed by atoms with Crippen molar-refractivity contribution in [1.29, 1.82) is 0 Å². The minimum Gasteiger partial charge on any atom is -0.493 e. The second-order valence-corrected chi connectivity index (χ2v) is 9.51. The van der Waals surface area contributed by atoms with Gasteiger partial charge < -0.3 is 43.6 Å². The molecule has 0 radical (unpaired) electrons. The van der Waals surface area contributed by atoms with Crippen molar-refractivity contribution in [3.63, 3.8) is 0 Å². The fourth-order valence-electron chi connectivity index (χ4n) is 4.38. The van der Waals surface area contributed by atoms with Crippen molar-refractivity contribution in [2.45, 2.75) is 57.2 Å². The molecular formula is C26H31ClN2O9. The van der Waals surface area contributed by atoms with Gasteiger partial charge in [-0.2, -0.15) is 0 Å². The van der Waals surface area contributed by atoms with Gasteiger partial charge >= 0.3 is 5.97 Å². The maximum absolute atomic E-state index is 12.8. The maximum Gasteiger partial charge on any atom is 0.338 e. The first kappa shape index (κ1) is 28.1. The van der Waals surface area contributed by atoms with Crippen LogP contribution >= 0.6 is 11.6 Å². The third-order valence-electron chi connectivity index (χ3n) is 6.28. The molecule has 0 amide bonds. The second-order valence-electron chi connectivity index (χ2n) is 9.11. The number of esters is 1. The normalized spacial score (nSPS) is 23.6. The van der Waals surface area contributed by atoms with Crippen LogP contribution in [0.4, 0.5) is 0 Å². The van der Waals surface area contributed by atoms with E-state index < -0.39 is 43.3 Å². The molecule has 0 bridgehead atoms. The van der Waals surface area contributed by atoms with E-state index in [-0.39, 0.29) is 34.7 Å². The van der Waals surface area contributed by atoms with Crippen LogP contribution < -0.4 is 9.47 Å². The topological polar surface area (TPSA) is 142 Å². The van der Waals surface area contributed by atoms with E-state index in [1.165, 1.54) is 26.4 Å².